The Balaban J connectivity index is 1.81. The summed E-state index contributed by atoms with van der Waals surface area (Å²) < 4.78 is 23.6. The highest BCUT2D eigenvalue weighted by Gasteiger charge is 2.53. The Bertz CT molecular complexity index is 885. The molecule has 154 valence electrons. The quantitative estimate of drug-likeness (QED) is 0.712. The molecule has 2 saturated heterocycles. The molecule has 0 spiro atoms. The molecule has 2 heterocycles. The molecule has 1 aromatic carbocycles. The maximum atomic E-state index is 13.1. The number of carboxylic acids is 1. The second-order valence-corrected chi connectivity index (χ2v) is 10.4. The summed E-state index contributed by atoms with van der Waals surface area (Å²) in [5, 5.41) is 9.12. The first-order chi connectivity index (χ1) is 13.0. The number of likely N-dealkylation sites (tertiary alicyclic amines) is 2. The number of rotatable bonds is 6. The van der Waals surface area contributed by atoms with Crippen molar-refractivity contribution in [3.8, 4) is 0 Å². The standard InChI is InChI=1S/C19H27N3O5S/c1-20(2)11-19-12-21(10-17(23)24)8-15(19)9-22(13-19)18(25)14-5-4-6-16(7-14)28(3,26)27/h4-7,15H,8-13H2,1-3H3,(H,23,24)/t15-,19+/m0/s1. The van der Waals surface area contributed by atoms with E-state index in [1.807, 2.05) is 19.0 Å². The first kappa shape index (κ1) is 20.8. The summed E-state index contributed by atoms with van der Waals surface area (Å²) in [7, 11) is 0.572. The topological polar surface area (TPSA) is 98.2 Å². The zero-order chi connectivity index (χ0) is 20.7. The van der Waals surface area contributed by atoms with Crippen LogP contribution in [0, 0.1) is 11.3 Å². The van der Waals surface area contributed by atoms with E-state index in [2.05, 4.69) is 4.90 Å². The monoisotopic (exact) mass is 409 g/mol. The Morgan fingerprint density at radius 2 is 1.96 bits per heavy atom. The fourth-order valence-electron chi connectivity index (χ4n) is 4.65. The van der Waals surface area contributed by atoms with E-state index in [0.29, 0.717) is 31.7 Å². The van der Waals surface area contributed by atoms with Gasteiger partial charge < -0.3 is 14.9 Å². The van der Waals surface area contributed by atoms with Crippen molar-refractivity contribution in [2.24, 2.45) is 11.3 Å². The molecule has 0 unspecified atom stereocenters. The Labute approximate surface area is 165 Å². The van der Waals surface area contributed by atoms with Gasteiger partial charge in [0.15, 0.2) is 9.84 Å². The highest BCUT2D eigenvalue weighted by Crippen LogP contribution is 2.43. The summed E-state index contributed by atoms with van der Waals surface area (Å²) in [6.07, 6.45) is 1.12. The molecular formula is C19H27N3O5S. The number of hydrogen-bond acceptors (Lipinski definition) is 6. The van der Waals surface area contributed by atoms with Gasteiger partial charge in [0.2, 0.25) is 0 Å². The molecule has 8 nitrogen and oxygen atoms in total. The highest BCUT2D eigenvalue weighted by molar-refractivity contribution is 7.90. The Hall–Kier alpha value is -1.97. The molecular weight excluding hydrogens is 382 g/mol. The maximum absolute atomic E-state index is 13.1. The molecule has 0 radical (unpaired) electrons. The van der Waals surface area contributed by atoms with Gasteiger partial charge in [-0.05, 0) is 38.2 Å². The molecule has 2 atom stereocenters. The van der Waals surface area contributed by atoms with E-state index >= 15 is 0 Å². The molecule has 1 amide bonds. The Morgan fingerprint density at radius 3 is 2.57 bits per heavy atom. The number of aliphatic carboxylic acids is 1. The van der Waals surface area contributed by atoms with Crippen LogP contribution in [0.3, 0.4) is 0 Å². The fourth-order valence-corrected chi connectivity index (χ4v) is 5.32. The van der Waals surface area contributed by atoms with Gasteiger partial charge in [-0.25, -0.2) is 8.42 Å². The molecule has 1 N–H and O–H groups in total. The van der Waals surface area contributed by atoms with Crippen molar-refractivity contribution in [3.05, 3.63) is 29.8 Å². The van der Waals surface area contributed by atoms with Crippen molar-refractivity contribution in [2.45, 2.75) is 4.90 Å². The molecule has 0 aliphatic carbocycles. The van der Waals surface area contributed by atoms with Crippen molar-refractivity contribution < 1.29 is 23.1 Å². The van der Waals surface area contributed by atoms with Gasteiger partial charge in [-0.2, -0.15) is 0 Å². The molecule has 0 bridgehead atoms. The first-order valence-corrected chi connectivity index (χ1v) is 11.1. The van der Waals surface area contributed by atoms with Crippen LogP contribution < -0.4 is 0 Å². The highest BCUT2D eigenvalue weighted by atomic mass is 32.2. The number of carbonyl (C=O) groups excluding carboxylic acids is 1. The van der Waals surface area contributed by atoms with E-state index in [1.54, 1.807) is 17.0 Å². The van der Waals surface area contributed by atoms with Gasteiger partial charge in [0.25, 0.3) is 5.91 Å². The van der Waals surface area contributed by atoms with E-state index in [4.69, 9.17) is 5.11 Å². The lowest BCUT2D eigenvalue weighted by Crippen LogP contribution is -2.43. The largest absolute Gasteiger partial charge is 0.480 e. The summed E-state index contributed by atoms with van der Waals surface area (Å²) >= 11 is 0. The molecule has 2 aliphatic rings. The van der Waals surface area contributed by atoms with Crippen molar-refractivity contribution >= 4 is 21.7 Å². The van der Waals surface area contributed by atoms with Crippen molar-refractivity contribution in [3.63, 3.8) is 0 Å². The van der Waals surface area contributed by atoms with Crippen LogP contribution in [-0.2, 0) is 14.6 Å². The fraction of sp³-hybridized carbons (Fsp3) is 0.579. The molecule has 3 rings (SSSR count). The van der Waals surface area contributed by atoms with E-state index in [9.17, 15) is 18.0 Å². The van der Waals surface area contributed by atoms with E-state index in [0.717, 1.165) is 12.8 Å². The smallest absolute Gasteiger partial charge is 0.317 e. The zero-order valence-electron chi connectivity index (χ0n) is 16.5. The molecule has 28 heavy (non-hydrogen) atoms. The number of carboxylic acid groups (broad SMARTS) is 1. The summed E-state index contributed by atoms with van der Waals surface area (Å²) in [5.74, 6) is -0.829. The predicted molar refractivity (Wildman–Crippen MR) is 104 cm³/mol. The lowest BCUT2D eigenvalue weighted by molar-refractivity contribution is -0.138. The van der Waals surface area contributed by atoms with Crippen molar-refractivity contribution in [1.29, 1.82) is 0 Å². The normalized spacial score (nSPS) is 25.3. The van der Waals surface area contributed by atoms with Crippen LogP contribution in [0.15, 0.2) is 29.2 Å². The minimum atomic E-state index is -3.38. The number of benzene rings is 1. The minimum absolute atomic E-state index is 0.00995. The van der Waals surface area contributed by atoms with Crippen LogP contribution in [0.5, 0.6) is 0 Å². The van der Waals surface area contributed by atoms with E-state index in [-0.39, 0.29) is 28.7 Å². The first-order valence-electron chi connectivity index (χ1n) is 9.18. The van der Waals surface area contributed by atoms with Gasteiger partial charge in [-0.3, -0.25) is 14.5 Å². The molecule has 2 aliphatic heterocycles. The number of fused-ring (bicyclic) bond motifs is 1. The molecule has 0 aromatic heterocycles. The van der Waals surface area contributed by atoms with Crippen molar-refractivity contribution in [2.75, 3.05) is 59.6 Å². The third-order valence-electron chi connectivity index (χ3n) is 5.62. The SMILES string of the molecule is CN(C)C[C@]12CN(CC(=O)O)C[C@H]1CN(C(=O)c1cccc(S(C)(=O)=O)c1)C2. The Morgan fingerprint density at radius 1 is 1.25 bits per heavy atom. The van der Waals surface area contributed by atoms with Gasteiger partial charge in [0, 0.05) is 50.0 Å². The minimum Gasteiger partial charge on any atom is -0.480 e. The van der Waals surface area contributed by atoms with Gasteiger partial charge in [-0.15, -0.1) is 0 Å². The average Bonchev–Trinajstić information content (AvgIpc) is 3.04. The third kappa shape index (κ3) is 4.21. The number of hydrogen-bond donors (Lipinski definition) is 1. The number of nitrogens with zero attached hydrogens (tertiary/aromatic N) is 3. The summed E-state index contributed by atoms with van der Waals surface area (Å²) in [4.78, 5) is 30.1. The predicted octanol–water partition coefficient (Wildman–Crippen LogP) is 0.110. The third-order valence-corrected chi connectivity index (χ3v) is 6.73. The number of carbonyl (C=O) groups is 2. The van der Waals surface area contributed by atoms with E-state index < -0.39 is 15.8 Å². The van der Waals surface area contributed by atoms with Gasteiger partial charge >= 0.3 is 5.97 Å². The van der Waals surface area contributed by atoms with Crippen LogP contribution in [0.4, 0.5) is 0 Å². The molecule has 9 heteroatoms. The number of sulfone groups is 1. The molecule has 0 saturated carbocycles. The Kier molecular flexibility index (Phi) is 5.53. The second-order valence-electron chi connectivity index (χ2n) is 8.35. The van der Waals surface area contributed by atoms with Crippen LogP contribution in [0.2, 0.25) is 0 Å². The van der Waals surface area contributed by atoms with Crippen LogP contribution in [-0.4, -0.2) is 99.7 Å². The maximum Gasteiger partial charge on any atom is 0.317 e. The van der Waals surface area contributed by atoms with Crippen LogP contribution in [0.1, 0.15) is 10.4 Å². The molecule has 2 fully saturated rings. The molecule has 1 aromatic rings. The second kappa shape index (κ2) is 7.46. The van der Waals surface area contributed by atoms with Gasteiger partial charge in [0.05, 0.1) is 11.4 Å². The average molecular weight is 410 g/mol. The van der Waals surface area contributed by atoms with Gasteiger partial charge in [0.1, 0.15) is 0 Å². The summed E-state index contributed by atoms with van der Waals surface area (Å²) in [6, 6.07) is 6.15. The zero-order valence-corrected chi connectivity index (χ0v) is 17.3. The lowest BCUT2D eigenvalue weighted by Gasteiger charge is -2.32. The summed E-state index contributed by atoms with van der Waals surface area (Å²) in [6.45, 7) is 3.14. The lowest BCUT2D eigenvalue weighted by atomic mass is 9.80. The number of amides is 1. The summed E-state index contributed by atoms with van der Waals surface area (Å²) in [5.41, 5.74) is 0.188. The van der Waals surface area contributed by atoms with Gasteiger partial charge in [-0.1, -0.05) is 6.07 Å². The van der Waals surface area contributed by atoms with Crippen molar-refractivity contribution in [1.82, 2.24) is 14.7 Å². The van der Waals surface area contributed by atoms with E-state index in [1.165, 1.54) is 12.1 Å². The van der Waals surface area contributed by atoms with Crippen LogP contribution >= 0.6 is 0 Å². The van der Waals surface area contributed by atoms with Crippen LogP contribution in [0.25, 0.3) is 0 Å².